The van der Waals surface area contributed by atoms with Gasteiger partial charge in [-0.15, -0.1) is 0 Å². The van der Waals surface area contributed by atoms with Crippen LogP contribution in [0.15, 0.2) is 15.8 Å². The third kappa shape index (κ3) is 2.34. The van der Waals surface area contributed by atoms with Crippen molar-refractivity contribution in [3.63, 3.8) is 0 Å². The summed E-state index contributed by atoms with van der Waals surface area (Å²) < 4.78 is 11.8. The number of aliphatic hydroxyl groups excluding tert-OH is 1. The number of rotatable bonds is 1. The minimum Gasteiger partial charge on any atom is -0.382 e. The van der Waals surface area contributed by atoms with Crippen LogP contribution in [0.1, 0.15) is 24.6 Å². The Morgan fingerprint density at radius 3 is 3.00 bits per heavy atom. The molecule has 21 heavy (non-hydrogen) atoms. The van der Waals surface area contributed by atoms with E-state index in [1.165, 1.54) is 10.8 Å². The minimum atomic E-state index is -1.45. The lowest BCUT2D eigenvalue weighted by molar-refractivity contribution is -0.323. The van der Waals surface area contributed by atoms with E-state index in [0.717, 1.165) is 0 Å². The molecule has 0 aliphatic carbocycles. The van der Waals surface area contributed by atoms with Crippen LogP contribution in [0.5, 0.6) is 0 Å². The minimum absolute atomic E-state index is 0.00506. The quantitative estimate of drug-likeness (QED) is 0.603. The van der Waals surface area contributed by atoms with Crippen molar-refractivity contribution in [2.75, 3.05) is 13.2 Å². The molecule has 2 saturated heterocycles. The second-order valence-corrected chi connectivity index (χ2v) is 5.69. The van der Waals surface area contributed by atoms with Crippen molar-refractivity contribution in [1.29, 1.82) is 0 Å². The van der Waals surface area contributed by atoms with Crippen LogP contribution < -0.4 is 11.2 Å². The van der Waals surface area contributed by atoms with Crippen molar-refractivity contribution in [3.05, 3.63) is 32.6 Å². The number of nitrogens with zero attached hydrogens (tertiary/aromatic N) is 1. The van der Waals surface area contributed by atoms with Crippen molar-refractivity contribution in [3.8, 4) is 0 Å². The molecule has 0 aromatic carbocycles. The van der Waals surface area contributed by atoms with Gasteiger partial charge in [0.2, 0.25) is 0 Å². The van der Waals surface area contributed by atoms with Crippen molar-refractivity contribution in [1.82, 2.24) is 9.55 Å². The van der Waals surface area contributed by atoms with Crippen LogP contribution in [0.4, 0.5) is 0 Å². The average molecular weight is 298 g/mol. The molecule has 2 aliphatic heterocycles. The van der Waals surface area contributed by atoms with Gasteiger partial charge in [0, 0.05) is 24.3 Å². The van der Waals surface area contributed by atoms with Crippen molar-refractivity contribution in [2.24, 2.45) is 5.92 Å². The molecule has 4 atom stereocenters. The molecular formula is C13H18N2O6. The highest BCUT2D eigenvalue weighted by Gasteiger charge is 2.52. The van der Waals surface area contributed by atoms with Gasteiger partial charge in [-0.1, -0.05) is 0 Å². The largest absolute Gasteiger partial charge is 0.382 e. The van der Waals surface area contributed by atoms with E-state index in [1.54, 1.807) is 6.92 Å². The number of H-pyrrole nitrogens is 1. The first-order chi connectivity index (χ1) is 9.91. The molecule has 3 heterocycles. The molecular weight excluding hydrogens is 280 g/mol. The fraction of sp³-hybridized carbons (Fsp3) is 0.692. The van der Waals surface area contributed by atoms with E-state index in [9.17, 15) is 19.8 Å². The summed E-state index contributed by atoms with van der Waals surface area (Å²) >= 11 is 0. The molecule has 1 unspecified atom stereocenters. The van der Waals surface area contributed by atoms with Crippen LogP contribution in [0.3, 0.4) is 0 Å². The lowest BCUT2D eigenvalue weighted by Crippen LogP contribution is -2.60. The normalized spacial score (nSPS) is 36.2. The predicted octanol–water partition coefficient (Wildman–Crippen LogP) is -1.15. The molecule has 2 fully saturated rings. The summed E-state index contributed by atoms with van der Waals surface area (Å²) in [5, 5.41) is 20.5. The molecule has 0 radical (unpaired) electrons. The summed E-state index contributed by atoms with van der Waals surface area (Å²) in [6, 6.07) is 0. The molecule has 1 aromatic heterocycles. The zero-order valence-electron chi connectivity index (χ0n) is 11.6. The van der Waals surface area contributed by atoms with Crippen LogP contribution >= 0.6 is 0 Å². The lowest BCUT2D eigenvalue weighted by atomic mass is 9.78. The van der Waals surface area contributed by atoms with Gasteiger partial charge < -0.3 is 19.7 Å². The van der Waals surface area contributed by atoms with Crippen LogP contribution in [0.25, 0.3) is 0 Å². The number of hydrogen-bond donors (Lipinski definition) is 3. The van der Waals surface area contributed by atoms with Crippen molar-refractivity contribution < 1.29 is 19.7 Å². The van der Waals surface area contributed by atoms with Gasteiger partial charge in [-0.05, 0) is 19.8 Å². The highest BCUT2D eigenvalue weighted by molar-refractivity contribution is 5.03. The van der Waals surface area contributed by atoms with Crippen molar-refractivity contribution >= 4 is 0 Å². The monoisotopic (exact) mass is 298 g/mol. The maximum Gasteiger partial charge on any atom is 0.330 e. The second-order valence-electron chi connectivity index (χ2n) is 5.69. The summed E-state index contributed by atoms with van der Waals surface area (Å²) in [6.45, 7) is 2.08. The predicted molar refractivity (Wildman–Crippen MR) is 70.7 cm³/mol. The topological polar surface area (TPSA) is 114 Å². The standard InChI is InChI=1S/C13H18N2O6/c1-7-5-15(12(18)14-10(7)16)9-4-8-2-3-20-6-13(8,19)11(17)21-9/h5,8-9,11,17,19H,2-4,6H2,1H3,(H,14,16,18)/t8?,9-,11-,13+/m1/s1. The maximum atomic E-state index is 11.9. The molecule has 0 saturated carbocycles. The van der Waals surface area contributed by atoms with E-state index in [-0.39, 0.29) is 12.5 Å². The highest BCUT2D eigenvalue weighted by Crippen LogP contribution is 2.41. The SMILES string of the molecule is Cc1cn([C@H]2CC3CCOC[C@@]3(O)[C@H](O)O2)c(=O)[nH]c1=O. The Hall–Kier alpha value is -1.48. The molecule has 3 N–H and O–H groups in total. The number of fused-ring (bicyclic) bond motifs is 1. The van der Waals surface area contributed by atoms with Gasteiger partial charge in [-0.3, -0.25) is 14.3 Å². The molecule has 0 spiro atoms. The maximum absolute atomic E-state index is 11.9. The summed E-state index contributed by atoms with van der Waals surface area (Å²) in [5.74, 6) is -0.237. The molecule has 3 rings (SSSR count). The number of aromatic amines is 1. The summed E-state index contributed by atoms with van der Waals surface area (Å²) in [5.41, 5.74) is -2.12. The number of aryl methyl sites for hydroxylation is 1. The van der Waals surface area contributed by atoms with Gasteiger partial charge >= 0.3 is 5.69 Å². The smallest absolute Gasteiger partial charge is 0.330 e. The number of aliphatic hydroxyl groups is 2. The fourth-order valence-electron chi connectivity index (χ4n) is 2.97. The Morgan fingerprint density at radius 2 is 2.24 bits per heavy atom. The van der Waals surface area contributed by atoms with Gasteiger partial charge in [-0.25, -0.2) is 4.79 Å². The Bertz CT molecular complexity index is 653. The van der Waals surface area contributed by atoms with E-state index in [4.69, 9.17) is 9.47 Å². The summed E-state index contributed by atoms with van der Waals surface area (Å²) in [4.78, 5) is 25.5. The van der Waals surface area contributed by atoms with E-state index < -0.39 is 29.4 Å². The highest BCUT2D eigenvalue weighted by atomic mass is 16.6. The first-order valence-corrected chi connectivity index (χ1v) is 6.87. The van der Waals surface area contributed by atoms with E-state index in [0.29, 0.717) is 25.0 Å². The zero-order valence-corrected chi connectivity index (χ0v) is 11.6. The van der Waals surface area contributed by atoms with E-state index in [2.05, 4.69) is 4.98 Å². The molecule has 8 nitrogen and oxygen atoms in total. The molecule has 0 amide bonds. The van der Waals surface area contributed by atoms with Gasteiger partial charge in [-0.2, -0.15) is 0 Å². The summed E-state index contributed by atoms with van der Waals surface area (Å²) in [6.07, 6.45) is 0.168. The first-order valence-electron chi connectivity index (χ1n) is 6.87. The number of nitrogens with one attached hydrogen (secondary N) is 1. The Labute approximate surface area is 119 Å². The Balaban J connectivity index is 1.93. The molecule has 1 aromatic rings. The Kier molecular flexibility index (Phi) is 3.48. The van der Waals surface area contributed by atoms with Gasteiger partial charge in [0.05, 0.1) is 6.61 Å². The van der Waals surface area contributed by atoms with Crippen LogP contribution in [-0.2, 0) is 9.47 Å². The lowest BCUT2D eigenvalue weighted by Gasteiger charge is -2.48. The van der Waals surface area contributed by atoms with Gasteiger partial charge in [0.1, 0.15) is 11.8 Å². The van der Waals surface area contributed by atoms with Gasteiger partial charge in [0.15, 0.2) is 6.29 Å². The van der Waals surface area contributed by atoms with E-state index >= 15 is 0 Å². The van der Waals surface area contributed by atoms with Crippen LogP contribution in [0.2, 0.25) is 0 Å². The number of hydrogen-bond acceptors (Lipinski definition) is 6. The van der Waals surface area contributed by atoms with Crippen LogP contribution in [0, 0.1) is 12.8 Å². The van der Waals surface area contributed by atoms with Crippen LogP contribution in [-0.4, -0.2) is 44.9 Å². The number of ether oxygens (including phenoxy) is 2. The van der Waals surface area contributed by atoms with E-state index in [1.807, 2.05) is 0 Å². The third-order valence-electron chi connectivity index (χ3n) is 4.31. The summed E-state index contributed by atoms with van der Waals surface area (Å²) in [7, 11) is 0. The first kappa shape index (κ1) is 14.5. The molecule has 116 valence electrons. The average Bonchev–Trinajstić information content (AvgIpc) is 2.44. The van der Waals surface area contributed by atoms with Crippen molar-refractivity contribution in [2.45, 2.75) is 37.9 Å². The second kappa shape index (κ2) is 5.06. The van der Waals surface area contributed by atoms with Gasteiger partial charge in [0.25, 0.3) is 5.56 Å². The number of aromatic nitrogens is 2. The Morgan fingerprint density at radius 1 is 1.48 bits per heavy atom. The molecule has 8 heteroatoms. The third-order valence-corrected chi connectivity index (χ3v) is 4.31. The fourth-order valence-corrected chi connectivity index (χ4v) is 2.97. The zero-order chi connectivity index (χ0) is 15.2. The molecule has 2 aliphatic rings. The molecule has 0 bridgehead atoms.